The number of amides is 1. The maximum Gasteiger partial charge on any atom is 0.410 e. The first-order valence-electron chi connectivity index (χ1n) is 6.35. The highest BCUT2D eigenvalue weighted by Crippen LogP contribution is 2.27. The van der Waals surface area contributed by atoms with Crippen LogP contribution in [0.25, 0.3) is 0 Å². The summed E-state index contributed by atoms with van der Waals surface area (Å²) < 4.78 is 5.07. The first-order chi connectivity index (χ1) is 9.95. The molecule has 2 atom stereocenters. The van der Waals surface area contributed by atoms with Crippen LogP contribution >= 0.6 is 0 Å². The third-order valence-electron chi connectivity index (χ3n) is 3.33. The van der Waals surface area contributed by atoms with Gasteiger partial charge in [-0.2, -0.15) is 0 Å². The number of rotatable bonds is 3. The van der Waals surface area contributed by atoms with E-state index in [1.807, 2.05) is 6.07 Å². The summed E-state index contributed by atoms with van der Waals surface area (Å²) in [5, 5.41) is 19.1. The smallest absolute Gasteiger partial charge is 0.410 e. The third-order valence-corrected chi connectivity index (χ3v) is 3.33. The van der Waals surface area contributed by atoms with Gasteiger partial charge in [-0.05, 0) is 5.56 Å². The second-order valence-electron chi connectivity index (χ2n) is 4.90. The Morgan fingerprint density at radius 3 is 2.67 bits per heavy atom. The highest BCUT2D eigenvalue weighted by atomic mass is 16.6. The molecule has 0 bridgehead atoms. The number of hydrogen-bond acceptors (Lipinski definition) is 4. The normalized spacial score (nSPS) is 24.4. The molecule has 0 aromatic heterocycles. The fourth-order valence-electron chi connectivity index (χ4n) is 2.21. The summed E-state index contributed by atoms with van der Waals surface area (Å²) in [6, 6.07) is 7.81. The van der Waals surface area contributed by atoms with Crippen molar-refractivity contribution in [3.05, 3.63) is 35.9 Å². The van der Waals surface area contributed by atoms with Gasteiger partial charge in [-0.1, -0.05) is 36.3 Å². The van der Waals surface area contributed by atoms with Crippen molar-refractivity contribution in [1.82, 2.24) is 4.90 Å². The number of likely N-dealkylation sites (tertiary alicyclic amines) is 1. The van der Waals surface area contributed by atoms with Gasteiger partial charge < -0.3 is 14.9 Å². The maximum atomic E-state index is 12.0. The quantitative estimate of drug-likeness (QED) is 0.805. The van der Waals surface area contributed by atoms with Crippen LogP contribution in [0.2, 0.25) is 0 Å². The predicted octanol–water partition coefficient (Wildman–Crippen LogP) is 0.846. The molecule has 1 aliphatic heterocycles. The van der Waals surface area contributed by atoms with E-state index in [0.717, 1.165) is 10.5 Å². The second kappa shape index (κ2) is 5.85. The number of carbonyl (C=O) groups excluding carboxylic acids is 1. The fourth-order valence-corrected chi connectivity index (χ4v) is 2.21. The Balaban J connectivity index is 2.03. The highest BCUT2D eigenvalue weighted by Gasteiger charge is 2.48. The van der Waals surface area contributed by atoms with Crippen LogP contribution in [0.15, 0.2) is 30.3 Å². The number of aliphatic hydroxyl groups is 1. The van der Waals surface area contributed by atoms with E-state index in [0.29, 0.717) is 0 Å². The van der Waals surface area contributed by atoms with Crippen LogP contribution in [-0.2, 0) is 16.1 Å². The standard InChI is InChI=1S/C15H15NO5/c1-2-15(20)8-12(13(17)18)16(10-15)14(19)21-9-11-6-4-3-5-7-11/h1,3-7,12,20H,8-10H2,(H,17,18)/t12-,15?/m0/s1. The molecular formula is C15H15NO5. The molecule has 0 saturated carbocycles. The van der Waals surface area contributed by atoms with E-state index in [1.54, 1.807) is 24.3 Å². The van der Waals surface area contributed by atoms with Crippen molar-refractivity contribution in [1.29, 1.82) is 0 Å². The first-order valence-corrected chi connectivity index (χ1v) is 6.35. The van der Waals surface area contributed by atoms with Crippen molar-refractivity contribution in [2.24, 2.45) is 0 Å². The molecule has 1 saturated heterocycles. The first kappa shape index (κ1) is 14.9. The highest BCUT2D eigenvalue weighted by molar-refractivity contribution is 5.81. The van der Waals surface area contributed by atoms with Crippen LogP contribution in [-0.4, -0.2) is 45.4 Å². The molecule has 0 spiro atoms. The van der Waals surface area contributed by atoms with E-state index in [-0.39, 0.29) is 19.6 Å². The van der Waals surface area contributed by atoms with E-state index < -0.39 is 23.7 Å². The zero-order chi connectivity index (χ0) is 15.5. The molecule has 1 amide bonds. The zero-order valence-electron chi connectivity index (χ0n) is 11.2. The number of aliphatic carboxylic acids is 1. The van der Waals surface area contributed by atoms with Gasteiger partial charge in [0.2, 0.25) is 0 Å². The van der Waals surface area contributed by atoms with Gasteiger partial charge in [0.05, 0.1) is 6.54 Å². The Kier molecular flexibility index (Phi) is 4.15. The van der Waals surface area contributed by atoms with E-state index in [4.69, 9.17) is 16.3 Å². The number of carbonyl (C=O) groups is 2. The number of nitrogens with zero attached hydrogens (tertiary/aromatic N) is 1. The monoisotopic (exact) mass is 289 g/mol. The molecule has 1 aromatic carbocycles. The number of terminal acetylenes is 1. The fraction of sp³-hybridized carbons (Fsp3) is 0.333. The molecule has 1 aromatic rings. The van der Waals surface area contributed by atoms with Crippen molar-refractivity contribution in [3.63, 3.8) is 0 Å². The molecule has 110 valence electrons. The van der Waals surface area contributed by atoms with Gasteiger partial charge in [0.25, 0.3) is 0 Å². The van der Waals surface area contributed by atoms with Crippen molar-refractivity contribution >= 4 is 12.1 Å². The van der Waals surface area contributed by atoms with Crippen LogP contribution in [0.4, 0.5) is 4.79 Å². The van der Waals surface area contributed by atoms with Gasteiger partial charge in [0.1, 0.15) is 18.2 Å². The van der Waals surface area contributed by atoms with Crippen LogP contribution in [0, 0.1) is 12.3 Å². The van der Waals surface area contributed by atoms with Crippen LogP contribution in [0.5, 0.6) is 0 Å². The molecule has 21 heavy (non-hydrogen) atoms. The molecule has 1 heterocycles. The number of β-amino-alcohol motifs (C(OH)–C–C–N with tert-alkyl or cyclic N) is 1. The Hall–Kier alpha value is -2.52. The Morgan fingerprint density at radius 2 is 2.10 bits per heavy atom. The molecule has 2 rings (SSSR count). The average molecular weight is 289 g/mol. The Labute approximate surface area is 121 Å². The summed E-state index contributed by atoms with van der Waals surface area (Å²) >= 11 is 0. The minimum Gasteiger partial charge on any atom is -0.480 e. The van der Waals surface area contributed by atoms with Crippen molar-refractivity contribution in [2.45, 2.75) is 24.7 Å². The maximum absolute atomic E-state index is 12.0. The number of carboxylic acids is 1. The van der Waals surface area contributed by atoms with Gasteiger partial charge in [-0.25, -0.2) is 9.59 Å². The summed E-state index contributed by atoms with van der Waals surface area (Å²) in [5.74, 6) is 0.902. The van der Waals surface area contributed by atoms with E-state index in [9.17, 15) is 14.7 Å². The van der Waals surface area contributed by atoms with E-state index in [1.165, 1.54) is 0 Å². The van der Waals surface area contributed by atoms with Gasteiger partial charge >= 0.3 is 12.1 Å². The molecule has 0 aliphatic carbocycles. The van der Waals surface area contributed by atoms with Gasteiger partial charge in [-0.3, -0.25) is 4.90 Å². The number of benzene rings is 1. The lowest BCUT2D eigenvalue weighted by Gasteiger charge is -2.20. The van der Waals surface area contributed by atoms with Crippen molar-refractivity contribution in [3.8, 4) is 12.3 Å². The van der Waals surface area contributed by atoms with Crippen LogP contribution in [0.1, 0.15) is 12.0 Å². The SMILES string of the molecule is C#CC1(O)C[C@@H](C(=O)O)N(C(=O)OCc2ccccc2)C1. The number of ether oxygens (including phenoxy) is 1. The van der Waals surface area contributed by atoms with E-state index in [2.05, 4.69) is 5.92 Å². The minimum atomic E-state index is -1.63. The van der Waals surface area contributed by atoms with Crippen LogP contribution in [0.3, 0.4) is 0 Å². The molecule has 1 unspecified atom stereocenters. The summed E-state index contributed by atoms with van der Waals surface area (Å²) in [7, 11) is 0. The lowest BCUT2D eigenvalue weighted by molar-refractivity contribution is -0.141. The summed E-state index contributed by atoms with van der Waals surface area (Å²) in [6.45, 7) is -0.231. The van der Waals surface area contributed by atoms with Gasteiger partial charge in [0.15, 0.2) is 0 Å². The topological polar surface area (TPSA) is 87.1 Å². The van der Waals surface area contributed by atoms with Gasteiger partial charge in [-0.15, -0.1) is 6.42 Å². The molecule has 6 nitrogen and oxygen atoms in total. The lowest BCUT2D eigenvalue weighted by atomic mass is 10.0. The minimum absolute atomic E-state index is 0.0248. The third kappa shape index (κ3) is 3.33. The molecule has 1 fully saturated rings. The number of carboxylic acid groups (broad SMARTS) is 1. The Bertz CT molecular complexity index is 579. The second-order valence-corrected chi connectivity index (χ2v) is 4.90. The number of hydrogen-bond donors (Lipinski definition) is 2. The van der Waals surface area contributed by atoms with E-state index >= 15 is 0 Å². The summed E-state index contributed by atoms with van der Waals surface area (Å²) in [4.78, 5) is 24.1. The van der Waals surface area contributed by atoms with Crippen molar-refractivity contribution < 1.29 is 24.5 Å². The Morgan fingerprint density at radius 1 is 1.43 bits per heavy atom. The molecule has 2 N–H and O–H groups in total. The molecule has 0 radical (unpaired) electrons. The molecular weight excluding hydrogens is 274 g/mol. The van der Waals surface area contributed by atoms with Gasteiger partial charge in [0, 0.05) is 6.42 Å². The average Bonchev–Trinajstić information content (AvgIpc) is 2.85. The zero-order valence-corrected chi connectivity index (χ0v) is 11.2. The van der Waals surface area contributed by atoms with Crippen molar-refractivity contribution in [2.75, 3.05) is 6.54 Å². The van der Waals surface area contributed by atoms with Crippen LogP contribution < -0.4 is 0 Å². The molecule has 6 heteroatoms. The molecule has 1 aliphatic rings. The summed E-state index contributed by atoms with van der Waals surface area (Å²) in [5.41, 5.74) is -0.849. The summed E-state index contributed by atoms with van der Waals surface area (Å²) in [6.07, 6.45) is 4.17. The lowest BCUT2D eigenvalue weighted by Crippen LogP contribution is -2.41. The largest absolute Gasteiger partial charge is 0.480 e. The predicted molar refractivity (Wildman–Crippen MR) is 73.2 cm³/mol.